The molecule has 1 N–H and O–H groups in total. The fourth-order valence-electron chi connectivity index (χ4n) is 5.49. The highest BCUT2D eigenvalue weighted by molar-refractivity contribution is 5.97. The zero-order valence-electron chi connectivity index (χ0n) is 21.3. The normalized spacial score (nSPS) is 20.4. The summed E-state index contributed by atoms with van der Waals surface area (Å²) in [5.74, 6) is -5.63. The lowest BCUT2D eigenvalue weighted by Crippen LogP contribution is -2.53. The Hall–Kier alpha value is -3.56. The number of rotatable bonds is 6. The number of aliphatic carboxylic acids is 1. The van der Waals surface area contributed by atoms with E-state index in [0.29, 0.717) is 5.69 Å². The van der Waals surface area contributed by atoms with E-state index in [0.717, 1.165) is 11.0 Å². The number of para-hydroxylation sites is 2. The number of anilines is 2. The lowest BCUT2D eigenvalue weighted by atomic mass is 9.75. The molecule has 3 amide bonds. The van der Waals surface area contributed by atoms with E-state index >= 15 is 0 Å². The summed E-state index contributed by atoms with van der Waals surface area (Å²) in [4.78, 5) is 43.2. The standard InChI is InChI=1S/C28H32F3N3O4/c1-32(20-8-3-2-4-9-20)26(38)33-16-14-27(15-17-33,25(36)37)19-24(35)34(23-12-6-5-11-22(23)29)21-10-7-13-28(30,31)18-21/h2-6,8-9,11-12,21H,7,10,13-19H2,1H3,(H,36,37)/t21-/m1/s1. The first-order chi connectivity index (χ1) is 18.0. The molecule has 1 heterocycles. The quantitative estimate of drug-likeness (QED) is 0.530. The Morgan fingerprint density at radius 1 is 1.00 bits per heavy atom. The van der Waals surface area contributed by atoms with Gasteiger partial charge in [0.15, 0.2) is 0 Å². The number of carboxylic acids is 1. The number of hydrogen-bond acceptors (Lipinski definition) is 3. The van der Waals surface area contributed by atoms with Gasteiger partial charge in [-0.1, -0.05) is 30.3 Å². The van der Waals surface area contributed by atoms with Crippen LogP contribution in [0.3, 0.4) is 0 Å². The first-order valence-electron chi connectivity index (χ1n) is 12.8. The molecular weight excluding hydrogens is 499 g/mol. The van der Waals surface area contributed by atoms with Crippen LogP contribution in [0.25, 0.3) is 0 Å². The molecule has 2 aliphatic rings. The summed E-state index contributed by atoms with van der Waals surface area (Å²) in [5, 5.41) is 10.2. The van der Waals surface area contributed by atoms with Crippen molar-refractivity contribution in [3.8, 4) is 0 Å². The van der Waals surface area contributed by atoms with Crippen LogP contribution in [-0.2, 0) is 9.59 Å². The van der Waals surface area contributed by atoms with Crippen LogP contribution in [0.2, 0.25) is 0 Å². The summed E-state index contributed by atoms with van der Waals surface area (Å²) < 4.78 is 43.4. The molecule has 1 atom stereocenters. The van der Waals surface area contributed by atoms with Crippen molar-refractivity contribution in [2.45, 2.75) is 56.9 Å². The van der Waals surface area contributed by atoms with Gasteiger partial charge < -0.3 is 14.9 Å². The lowest BCUT2D eigenvalue weighted by molar-refractivity contribution is -0.154. The van der Waals surface area contributed by atoms with Gasteiger partial charge in [0.1, 0.15) is 5.82 Å². The van der Waals surface area contributed by atoms with Crippen molar-refractivity contribution in [3.63, 3.8) is 0 Å². The van der Waals surface area contributed by atoms with Crippen LogP contribution >= 0.6 is 0 Å². The Balaban J connectivity index is 1.53. The third kappa shape index (κ3) is 5.79. The molecule has 0 aromatic heterocycles. The van der Waals surface area contributed by atoms with E-state index in [1.807, 2.05) is 6.07 Å². The van der Waals surface area contributed by atoms with Crippen molar-refractivity contribution in [1.29, 1.82) is 0 Å². The molecule has 1 aliphatic heterocycles. The minimum Gasteiger partial charge on any atom is -0.481 e. The lowest BCUT2D eigenvalue weighted by Gasteiger charge is -2.42. The number of halogens is 3. The maximum absolute atomic E-state index is 14.8. The summed E-state index contributed by atoms with van der Waals surface area (Å²) in [5.41, 5.74) is -0.940. The average Bonchev–Trinajstić information content (AvgIpc) is 2.89. The number of likely N-dealkylation sites (tertiary alicyclic amines) is 1. The fourth-order valence-corrected chi connectivity index (χ4v) is 5.49. The van der Waals surface area contributed by atoms with Gasteiger partial charge in [-0.15, -0.1) is 0 Å². The maximum Gasteiger partial charge on any atom is 0.324 e. The molecule has 204 valence electrons. The molecule has 4 rings (SSSR count). The highest BCUT2D eigenvalue weighted by Gasteiger charge is 2.47. The van der Waals surface area contributed by atoms with Crippen LogP contribution in [-0.4, -0.2) is 60.0 Å². The predicted octanol–water partition coefficient (Wildman–Crippen LogP) is 5.55. The summed E-state index contributed by atoms with van der Waals surface area (Å²) in [6, 6.07) is 13.2. The van der Waals surface area contributed by atoms with E-state index in [1.165, 1.54) is 28.0 Å². The number of carbonyl (C=O) groups is 3. The van der Waals surface area contributed by atoms with E-state index in [2.05, 4.69) is 0 Å². The third-order valence-electron chi connectivity index (χ3n) is 7.72. The van der Waals surface area contributed by atoms with Gasteiger partial charge >= 0.3 is 12.0 Å². The number of carbonyl (C=O) groups excluding carboxylic acids is 2. The third-order valence-corrected chi connectivity index (χ3v) is 7.72. The topological polar surface area (TPSA) is 81.2 Å². The largest absolute Gasteiger partial charge is 0.481 e. The Kier molecular flexibility index (Phi) is 7.99. The van der Waals surface area contributed by atoms with Gasteiger partial charge in [0, 0.05) is 51.1 Å². The van der Waals surface area contributed by atoms with Crippen LogP contribution in [0.1, 0.15) is 44.9 Å². The van der Waals surface area contributed by atoms with E-state index in [9.17, 15) is 32.7 Å². The average molecular weight is 532 g/mol. The second-order valence-corrected chi connectivity index (χ2v) is 10.2. The van der Waals surface area contributed by atoms with Gasteiger partial charge in [-0.05, 0) is 49.9 Å². The van der Waals surface area contributed by atoms with E-state index in [-0.39, 0.29) is 56.9 Å². The Labute approximate surface area is 219 Å². The van der Waals surface area contributed by atoms with Crippen molar-refractivity contribution >= 4 is 29.3 Å². The van der Waals surface area contributed by atoms with Crippen molar-refractivity contribution in [2.75, 3.05) is 29.9 Å². The zero-order valence-corrected chi connectivity index (χ0v) is 21.3. The van der Waals surface area contributed by atoms with Crippen LogP contribution in [0, 0.1) is 11.2 Å². The number of piperidine rings is 1. The number of amides is 3. The van der Waals surface area contributed by atoms with Crippen LogP contribution < -0.4 is 9.80 Å². The molecule has 2 aromatic rings. The van der Waals surface area contributed by atoms with Crippen molar-refractivity contribution in [1.82, 2.24) is 4.90 Å². The summed E-state index contributed by atoms with van der Waals surface area (Å²) in [6.07, 6.45) is -0.932. The summed E-state index contributed by atoms with van der Waals surface area (Å²) >= 11 is 0. The molecule has 2 aromatic carbocycles. The van der Waals surface area contributed by atoms with Crippen molar-refractivity contribution < 1.29 is 32.7 Å². The van der Waals surface area contributed by atoms with Gasteiger partial charge in [0.25, 0.3) is 0 Å². The van der Waals surface area contributed by atoms with Crippen LogP contribution in [0.5, 0.6) is 0 Å². The number of nitrogens with zero attached hydrogens (tertiary/aromatic N) is 3. The number of carboxylic acid groups (broad SMARTS) is 1. The van der Waals surface area contributed by atoms with Gasteiger partial charge in [-0.3, -0.25) is 14.5 Å². The molecule has 10 heteroatoms. The van der Waals surface area contributed by atoms with Crippen molar-refractivity contribution in [2.24, 2.45) is 5.41 Å². The molecule has 7 nitrogen and oxygen atoms in total. The smallest absolute Gasteiger partial charge is 0.324 e. The molecule has 0 bridgehead atoms. The molecule has 0 unspecified atom stereocenters. The monoisotopic (exact) mass is 531 g/mol. The van der Waals surface area contributed by atoms with Gasteiger partial charge in [0.2, 0.25) is 11.8 Å². The summed E-state index contributed by atoms with van der Waals surface area (Å²) in [6.45, 7) is 0.216. The SMILES string of the molecule is CN(C(=O)N1CCC(CC(=O)N(c2ccccc2F)[C@@H]2CCCC(F)(F)C2)(C(=O)O)CC1)c1ccccc1. The number of benzene rings is 2. The van der Waals surface area contributed by atoms with Gasteiger partial charge in [0.05, 0.1) is 11.1 Å². The molecule has 0 spiro atoms. The minimum atomic E-state index is -2.99. The second-order valence-electron chi connectivity index (χ2n) is 10.2. The van der Waals surface area contributed by atoms with Crippen LogP contribution in [0.4, 0.5) is 29.3 Å². The predicted molar refractivity (Wildman–Crippen MR) is 137 cm³/mol. The highest BCUT2D eigenvalue weighted by Crippen LogP contribution is 2.41. The molecule has 1 aliphatic carbocycles. The van der Waals surface area contributed by atoms with E-state index in [1.54, 1.807) is 31.3 Å². The maximum atomic E-state index is 14.8. The van der Waals surface area contributed by atoms with Crippen molar-refractivity contribution in [3.05, 3.63) is 60.4 Å². The number of alkyl halides is 2. The second kappa shape index (κ2) is 11.0. The Bertz CT molecular complexity index is 1170. The molecular formula is C28H32F3N3O4. The zero-order chi connectivity index (χ0) is 27.5. The Morgan fingerprint density at radius 2 is 1.63 bits per heavy atom. The van der Waals surface area contributed by atoms with E-state index in [4.69, 9.17) is 0 Å². The van der Waals surface area contributed by atoms with Crippen LogP contribution in [0.15, 0.2) is 54.6 Å². The molecule has 38 heavy (non-hydrogen) atoms. The molecule has 0 radical (unpaired) electrons. The highest BCUT2D eigenvalue weighted by atomic mass is 19.3. The first kappa shape index (κ1) is 27.5. The minimum absolute atomic E-state index is 0.00831. The van der Waals surface area contributed by atoms with E-state index < -0.39 is 47.9 Å². The van der Waals surface area contributed by atoms with Gasteiger partial charge in [-0.25, -0.2) is 18.0 Å². The summed E-state index contributed by atoms with van der Waals surface area (Å²) in [7, 11) is 1.63. The fraction of sp³-hybridized carbons (Fsp3) is 0.464. The molecule has 2 fully saturated rings. The molecule has 1 saturated heterocycles. The number of urea groups is 1. The molecule has 1 saturated carbocycles. The van der Waals surface area contributed by atoms with Gasteiger partial charge in [-0.2, -0.15) is 0 Å². The Morgan fingerprint density at radius 3 is 2.24 bits per heavy atom. The first-order valence-corrected chi connectivity index (χ1v) is 12.8. The number of hydrogen-bond donors (Lipinski definition) is 1.